The molecular weight excluding hydrogens is 481 g/mol. The van der Waals surface area contributed by atoms with Crippen molar-refractivity contribution in [1.82, 2.24) is 9.97 Å². The average Bonchev–Trinajstić information content (AvgIpc) is 2.75. The van der Waals surface area contributed by atoms with Crippen LogP contribution < -0.4 is 15.2 Å². The lowest BCUT2D eigenvalue weighted by atomic mass is 10.00. The highest BCUT2D eigenvalue weighted by molar-refractivity contribution is 7.92. The number of halogens is 3. The largest absolute Gasteiger partial charge is 0.477 e. The lowest BCUT2D eigenvalue weighted by Gasteiger charge is -2.16. The number of ether oxygens (including phenoxy) is 1. The number of alkyl halides is 3. The van der Waals surface area contributed by atoms with Crippen LogP contribution in [0, 0.1) is 19.8 Å². The topological polar surface area (TPSA) is 107 Å². The van der Waals surface area contributed by atoms with Gasteiger partial charge in [0.15, 0.2) is 0 Å². The standard InChI is InChI=1S/C24H27F3N4O3S/c1-15(10-11-24(25,26)27)14-34-21-13-20(22-16(2)6-4-7-17(22)3)29-23(30-21)31-35(32,33)19-9-5-8-18(28)12-19/h4-9,12-13,15H,10-11,14,28H2,1-3H3,(H,29,30,31). The Balaban J connectivity index is 1.94. The molecule has 0 amide bonds. The molecule has 35 heavy (non-hydrogen) atoms. The number of aromatic nitrogens is 2. The van der Waals surface area contributed by atoms with Crippen molar-refractivity contribution < 1.29 is 26.3 Å². The fourth-order valence-electron chi connectivity index (χ4n) is 3.47. The number of nitrogen functional groups attached to an aromatic ring is 1. The lowest BCUT2D eigenvalue weighted by molar-refractivity contribution is -0.137. The van der Waals surface area contributed by atoms with Crippen molar-refractivity contribution in [3.8, 4) is 17.1 Å². The normalized spacial score (nSPS) is 12.9. The minimum absolute atomic E-state index is 0.0271. The molecule has 1 aromatic heterocycles. The summed E-state index contributed by atoms with van der Waals surface area (Å²) < 4.78 is 71.4. The second-order valence-corrected chi connectivity index (χ2v) is 10.1. The fraction of sp³-hybridized carbons (Fsp3) is 0.333. The molecule has 1 unspecified atom stereocenters. The predicted molar refractivity (Wildman–Crippen MR) is 129 cm³/mol. The highest BCUT2D eigenvalue weighted by Crippen LogP contribution is 2.30. The average molecular weight is 509 g/mol. The van der Waals surface area contributed by atoms with E-state index in [0.717, 1.165) is 16.7 Å². The van der Waals surface area contributed by atoms with Gasteiger partial charge in [0.2, 0.25) is 11.8 Å². The maximum atomic E-state index is 12.9. The van der Waals surface area contributed by atoms with Gasteiger partial charge in [-0.05, 0) is 55.5 Å². The molecule has 0 aliphatic rings. The van der Waals surface area contributed by atoms with Crippen LogP contribution in [0.25, 0.3) is 11.3 Å². The summed E-state index contributed by atoms with van der Waals surface area (Å²) in [6.45, 7) is 5.39. The maximum absolute atomic E-state index is 12.9. The van der Waals surface area contributed by atoms with Crippen LogP contribution in [0.15, 0.2) is 53.4 Å². The van der Waals surface area contributed by atoms with Crippen molar-refractivity contribution >= 4 is 21.7 Å². The quantitative estimate of drug-likeness (QED) is 0.370. The van der Waals surface area contributed by atoms with Crippen LogP contribution >= 0.6 is 0 Å². The van der Waals surface area contributed by atoms with Crippen LogP contribution in [-0.4, -0.2) is 31.2 Å². The first-order valence-corrected chi connectivity index (χ1v) is 12.4. The van der Waals surface area contributed by atoms with Crippen molar-refractivity contribution in [1.29, 1.82) is 0 Å². The van der Waals surface area contributed by atoms with Crippen LogP contribution in [0.3, 0.4) is 0 Å². The van der Waals surface area contributed by atoms with Crippen molar-refractivity contribution in [2.75, 3.05) is 17.1 Å². The fourth-order valence-corrected chi connectivity index (χ4v) is 4.47. The number of sulfonamides is 1. The van der Waals surface area contributed by atoms with Gasteiger partial charge in [0.1, 0.15) is 0 Å². The molecular formula is C24H27F3N4O3S. The monoisotopic (exact) mass is 508 g/mol. The number of hydrogen-bond acceptors (Lipinski definition) is 6. The first kappa shape index (κ1) is 26.3. The number of rotatable bonds is 9. The molecule has 2 aromatic carbocycles. The van der Waals surface area contributed by atoms with Crippen LogP contribution in [0.4, 0.5) is 24.8 Å². The number of aryl methyl sites for hydroxylation is 2. The third-order valence-corrected chi connectivity index (χ3v) is 6.60. The molecule has 0 fully saturated rings. The zero-order chi connectivity index (χ0) is 25.8. The SMILES string of the molecule is Cc1cccc(C)c1-c1cc(OCC(C)CCC(F)(F)F)nc(NS(=O)(=O)c2cccc(N)c2)n1. The van der Waals surface area contributed by atoms with Crippen molar-refractivity contribution in [3.05, 3.63) is 59.7 Å². The Morgan fingerprint density at radius 2 is 1.71 bits per heavy atom. The van der Waals surface area contributed by atoms with E-state index >= 15 is 0 Å². The zero-order valence-electron chi connectivity index (χ0n) is 19.6. The molecule has 0 saturated carbocycles. The van der Waals surface area contributed by atoms with Crippen molar-refractivity contribution in [3.63, 3.8) is 0 Å². The maximum Gasteiger partial charge on any atom is 0.389 e. The number of nitrogens with one attached hydrogen (secondary N) is 1. The Kier molecular flexibility index (Phi) is 7.89. The molecule has 7 nitrogen and oxygen atoms in total. The highest BCUT2D eigenvalue weighted by atomic mass is 32.2. The van der Waals surface area contributed by atoms with Gasteiger partial charge in [-0.25, -0.2) is 18.1 Å². The van der Waals surface area contributed by atoms with Gasteiger partial charge < -0.3 is 10.5 Å². The van der Waals surface area contributed by atoms with E-state index in [1.165, 1.54) is 18.2 Å². The molecule has 0 spiro atoms. The molecule has 3 aromatic rings. The minimum Gasteiger partial charge on any atom is -0.477 e. The van der Waals surface area contributed by atoms with E-state index in [1.54, 1.807) is 19.1 Å². The molecule has 3 rings (SSSR count). The summed E-state index contributed by atoms with van der Waals surface area (Å²) in [6.07, 6.45) is -5.27. The molecule has 1 atom stereocenters. The first-order chi connectivity index (χ1) is 16.3. The van der Waals surface area contributed by atoms with E-state index in [0.29, 0.717) is 5.69 Å². The Hall–Kier alpha value is -3.34. The molecule has 0 radical (unpaired) electrons. The molecule has 11 heteroatoms. The van der Waals surface area contributed by atoms with Crippen molar-refractivity contribution in [2.45, 2.75) is 44.7 Å². The number of nitrogens with zero attached hydrogens (tertiary/aromatic N) is 2. The summed E-state index contributed by atoms with van der Waals surface area (Å²) in [6, 6.07) is 13.0. The van der Waals surface area contributed by atoms with Crippen LogP contribution in [0.2, 0.25) is 0 Å². The second kappa shape index (κ2) is 10.5. The van der Waals surface area contributed by atoms with E-state index in [2.05, 4.69) is 14.7 Å². The first-order valence-electron chi connectivity index (χ1n) is 10.9. The van der Waals surface area contributed by atoms with Gasteiger partial charge in [0, 0.05) is 23.7 Å². The smallest absolute Gasteiger partial charge is 0.389 e. The third kappa shape index (κ3) is 7.32. The van der Waals surface area contributed by atoms with Gasteiger partial charge >= 0.3 is 6.18 Å². The molecule has 188 valence electrons. The Bertz CT molecular complexity index is 1280. The molecule has 3 N–H and O–H groups in total. The summed E-state index contributed by atoms with van der Waals surface area (Å²) in [7, 11) is -4.06. The van der Waals surface area contributed by atoms with E-state index < -0.39 is 28.5 Å². The third-order valence-electron chi connectivity index (χ3n) is 5.27. The minimum atomic E-state index is -4.25. The second-order valence-electron chi connectivity index (χ2n) is 8.43. The van der Waals surface area contributed by atoms with Gasteiger partial charge in [0.25, 0.3) is 10.0 Å². The molecule has 0 aliphatic carbocycles. The number of nitrogens with two attached hydrogens (primary N) is 1. The summed E-state index contributed by atoms with van der Waals surface area (Å²) in [5.74, 6) is -0.588. The summed E-state index contributed by atoms with van der Waals surface area (Å²) in [4.78, 5) is 8.48. The van der Waals surface area contributed by atoms with Crippen LogP contribution in [-0.2, 0) is 10.0 Å². The number of hydrogen-bond donors (Lipinski definition) is 2. The number of anilines is 2. The Labute approximate surface area is 202 Å². The molecule has 0 aliphatic heterocycles. The Morgan fingerprint density at radius 1 is 1.06 bits per heavy atom. The van der Waals surface area contributed by atoms with E-state index in [1.807, 2.05) is 32.0 Å². The highest BCUT2D eigenvalue weighted by Gasteiger charge is 2.27. The molecule has 0 bridgehead atoms. The summed E-state index contributed by atoms with van der Waals surface area (Å²) >= 11 is 0. The predicted octanol–water partition coefficient (Wildman–Crippen LogP) is 5.50. The van der Waals surface area contributed by atoms with Gasteiger partial charge in [-0.3, -0.25) is 0 Å². The van der Waals surface area contributed by atoms with E-state index in [9.17, 15) is 21.6 Å². The summed E-state index contributed by atoms with van der Waals surface area (Å²) in [5.41, 5.74) is 8.97. The van der Waals surface area contributed by atoms with E-state index in [-0.39, 0.29) is 35.4 Å². The van der Waals surface area contributed by atoms with Gasteiger partial charge in [0.05, 0.1) is 17.2 Å². The van der Waals surface area contributed by atoms with Crippen molar-refractivity contribution in [2.24, 2.45) is 5.92 Å². The van der Waals surface area contributed by atoms with E-state index in [4.69, 9.17) is 10.5 Å². The molecule has 1 heterocycles. The van der Waals surface area contributed by atoms with Gasteiger partial charge in [-0.2, -0.15) is 18.2 Å². The van der Waals surface area contributed by atoms with Crippen LogP contribution in [0.5, 0.6) is 5.88 Å². The van der Waals surface area contributed by atoms with Crippen LogP contribution in [0.1, 0.15) is 30.9 Å². The molecule has 0 saturated heterocycles. The van der Waals surface area contributed by atoms with Gasteiger partial charge in [-0.1, -0.05) is 31.2 Å². The zero-order valence-corrected chi connectivity index (χ0v) is 20.4. The van der Waals surface area contributed by atoms with Gasteiger partial charge in [-0.15, -0.1) is 0 Å². The summed E-state index contributed by atoms with van der Waals surface area (Å²) in [5, 5.41) is 0. The Morgan fingerprint density at radius 3 is 2.34 bits per heavy atom. The number of benzene rings is 2. The lowest BCUT2D eigenvalue weighted by Crippen LogP contribution is -2.17.